The van der Waals surface area contributed by atoms with Gasteiger partial charge in [0, 0.05) is 31.3 Å². The molecule has 0 saturated heterocycles. The number of aromatic amines is 1. The number of guanidine groups is 1. The molecule has 50 heavy (non-hydrogen) atoms. The van der Waals surface area contributed by atoms with Gasteiger partial charge in [0.2, 0.25) is 29.5 Å². The van der Waals surface area contributed by atoms with Crippen molar-refractivity contribution in [3.05, 3.63) is 54.1 Å². The first kappa shape index (κ1) is 41.1. The fraction of sp³-hybridized carbons (Fsp3) is 0.545. The Morgan fingerprint density at radius 3 is 2.02 bits per heavy atom. The molecule has 1 aromatic heterocycles. The second-order valence-electron chi connectivity index (χ2n) is 12.5. The molecule has 0 bridgehead atoms. The van der Waals surface area contributed by atoms with Gasteiger partial charge in [-0.15, -0.1) is 0 Å². The van der Waals surface area contributed by atoms with E-state index in [-0.39, 0.29) is 25.2 Å². The monoisotopic (exact) mass is 698 g/mol. The number of nitrogens with zero attached hydrogens (tertiary/aromatic N) is 2. The molecule has 0 saturated carbocycles. The predicted octanol–water partition coefficient (Wildman–Crippen LogP) is -1.82. The number of imidazole rings is 1. The molecule has 2 aromatic rings. The standard InChI is InChI=1S/C33H54N12O5/c1-20(2)27(45-30(48)24(13-7-9-15-40-33(37)38)42-29(47)23(35)12-6-8-14-34)32(50)44-26(17-22-18-39-19-41-22)31(49)43-25(28(36)46)16-21-10-4-3-5-11-21/h3-5,10-11,18-20,23-27H,6-9,12-17,34-35H2,1-2H3,(H2,36,46)(H,39,41)(H,42,47)(H,43,49)(H,44,50)(H,45,48)(H4,37,38,40)/t23-,24-,25-,26-,27-/m0/s1. The third-order valence-corrected chi connectivity index (χ3v) is 7.94. The Kier molecular flexibility index (Phi) is 18.0. The number of amides is 5. The molecule has 5 atom stereocenters. The molecule has 0 aliphatic carbocycles. The van der Waals surface area contributed by atoms with Gasteiger partial charge in [0.15, 0.2) is 5.96 Å². The Morgan fingerprint density at radius 1 is 0.780 bits per heavy atom. The van der Waals surface area contributed by atoms with E-state index in [1.807, 2.05) is 6.07 Å². The maximum atomic E-state index is 13.8. The van der Waals surface area contributed by atoms with Gasteiger partial charge in [-0.2, -0.15) is 0 Å². The highest BCUT2D eigenvalue weighted by Crippen LogP contribution is 2.10. The lowest BCUT2D eigenvalue weighted by atomic mass is 10.00. The molecule has 2 rings (SSSR count). The summed E-state index contributed by atoms with van der Waals surface area (Å²) in [5, 5.41) is 10.9. The fourth-order valence-corrected chi connectivity index (χ4v) is 5.08. The zero-order chi connectivity index (χ0) is 37.1. The average Bonchev–Trinajstić information content (AvgIpc) is 3.59. The van der Waals surface area contributed by atoms with Crippen LogP contribution in [0.1, 0.15) is 63.6 Å². The van der Waals surface area contributed by atoms with Crippen LogP contribution in [0, 0.1) is 5.92 Å². The van der Waals surface area contributed by atoms with Crippen molar-refractivity contribution in [2.45, 2.75) is 95.4 Å². The fourth-order valence-electron chi connectivity index (χ4n) is 5.08. The summed E-state index contributed by atoms with van der Waals surface area (Å²) in [6.45, 7) is 4.26. The number of H-pyrrole nitrogens is 1. The smallest absolute Gasteiger partial charge is 0.243 e. The summed E-state index contributed by atoms with van der Waals surface area (Å²) in [7, 11) is 0. The third-order valence-electron chi connectivity index (χ3n) is 7.94. The average molecular weight is 699 g/mol. The molecule has 17 nitrogen and oxygen atoms in total. The number of nitrogens with two attached hydrogens (primary N) is 5. The number of rotatable bonds is 23. The van der Waals surface area contributed by atoms with Gasteiger partial charge in [0.1, 0.15) is 24.2 Å². The van der Waals surface area contributed by atoms with E-state index >= 15 is 0 Å². The van der Waals surface area contributed by atoms with Gasteiger partial charge >= 0.3 is 0 Å². The van der Waals surface area contributed by atoms with E-state index in [2.05, 4.69) is 36.2 Å². The Labute approximate surface area is 292 Å². The minimum atomic E-state index is -1.17. The van der Waals surface area contributed by atoms with Crippen LogP contribution in [0.4, 0.5) is 0 Å². The molecular weight excluding hydrogens is 644 g/mol. The van der Waals surface area contributed by atoms with Crippen molar-refractivity contribution >= 4 is 35.5 Å². The number of hydrogen-bond acceptors (Lipinski definition) is 9. The molecule has 1 aromatic carbocycles. The van der Waals surface area contributed by atoms with Gasteiger partial charge in [0.05, 0.1) is 12.4 Å². The van der Waals surface area contributed by atoms with E-state index in [0.717, 1.165) is 5.56 Å². The normalized spacial score (nSPS) is 14.0. The molecule has 0 fully saturated rings. The number of benzene rings is 1. The zero-order valence-electron chi connectivity index (χ0n) is 28.9. The van der Waals surface area contributed by atoms with Gasteiger partial charge in [-0.05, 0) is 50.1 Å². The van der Waals surface area contributed by atoms with E-state index in [4.69, 9.17) is 28.7 Å². The third kappa shape index (κ3) is 15.0. The van der Waals surface area contributed by atoms with E-state index in [0.29, 0.717) is 50.9 Å². The summed E-state index contributed by atoms with van der Waals surface area (Å²) in [5.74, 6) is -3.64. The number of hydrogen-bond donors (Lipinski definition) is 10. The quantitative estimate of drug-likeness (QED) is 0.0352. The summed E-state index contributed by atoms with van der Waals surface area (Å²) in [6.07, 6.45) is 6.07. The van der Waals surface area contributed by atoms with Crippen LogP contribution in [0.5, 0.6) is 0 Å². The van der Waals surface area contributed by atoms with Gasteiger partial charge in [-0.3, -0.25) is 29.0 Å². The minimum Gasteiger partial charge on any atom is -0.370 e. The maximum absolute atomic E-state index is 13.8. The first-order valence-electron chi connectivity index (χ1n) is 16.8. The maximum Gasteiger partial charge on any atom is 0.243 e. The number of nitrogens with one attached hydrogen (secondary N) is 5. The lowest BCUT2D eigenvalue weighted by molar-refractivity contribution is -0.135. The van der Waals surface area contributed by atoms with E-state index in [1.54, 1.807) is 38.1 Å². The van der Waals surface area contributed by atoms with Crippen LogP contribution >= 0.6 is 0 Å². The number of unbranched alkanes of at least 4 members (excludes halogenated alkanes) is 2. The summed E-state index contributed by atoms with van der Waals surface area (Å²) >= 11 is 0. The molecule has 276 valence electrons. The summed E-state index contributed by atoms with van der Waals surface area (Å²) in [4.78, 5) is 77.1. The number of aromatic nitrogens is 2. The lowest BCUT2D eigenvalue weighted by Gasteiger charge is -2.28. The number of carbonyl (C=O) groups excluding carboxylic acids is 5. The van der Waals surface area contributed by atoms with Crippen molar-refractivity contribution in [1.82, 2.24) is 31.2 Å². The molecule has 0 aliphatic rings. The van der Waals surface area contributed by atoms with Crippen molar-refractivity contribution < 1.29 is 24.0 Å². The molecule has 1 heterocycles. The SMILES string of the molecule is CC(C)[C@H](NC(=O)[C@H](CCCCN=C(N)N)NC(=O)[C@@H](N)CCCCN)C(=O)N[C@@H](Cc1cnc[nH]1)C(=O)N[C@@H](Cc1ccccc1)C(N)=O. The predicted molar refractivity (Wildman–Crippen MR) is 190 cm³/mol. The highest BCUT2D eigenvalue weighted by molar-refractivity contribution is 5.96. The number of aliphatic imine (C=N–C) groups is 1. The summed E-state index contributed by atoms with van der Waals surface area (Å²) in [5.41, 5.74) is 29.4. The van der Waals surface area contributed by atoms with Crippen LogP contribution in [0.2, 0.25) is 0 Å². The zero-order valence-corrected chi connectivity index (χ0v) is 28.9. The first-order chi connectivity index (χ1) is 23.8. The Hall–Kier alpha value is -5.03. The van der Waals surface area contributed by atoms with Gasteiger partial charge < -0.3 is 54.9 Å². The van der Waals surface area contributed by atoms with E-state index < -0.39 is 65.7 Å². The highest BCUT2D eigenvalue weighted by atomic mass is 16.2. The molecule has 0 radical (unpaired) electrons. The van der Waals surface area contributed by atoms with Crippen molar-refractivity contribution in [1.29, 1.82) is 0 Å². The van der Waals surface area contributed by atoms with Crippen molar-refractivity contribution in [2.75, 3.05) is 13.1 Å². The van der Waals surface area contributed by atoms with Crippen molar-refractivity contribution in [3.63, 3.8) is 0 Å². The Balaban J connectivity index is 2.22. The molecule has 5 amide bonds. The lowest BCUT2D eigenvalue weighted by Crippen LogP contribution is -2.60. The van der Waals surface area contributed by atoms with Gasteiger partial charge in [0.25, 0.3) is 0 Å². The largest absolute Gasteiger partial charge is 0.370 e. The second-order valence-corrected chi connectivity index (χ2v) is 12.5. The topological polar surface area (TPSA) is 305 Å². The van der Waals surface area contributed by atoms with E-state index in [1.165, 1.54) is 12.5 Å². The molecule has 0 spiro atoms. The van der Waals surface area contributed by atoms with Crippen LogP contribution < -0.4 is 49.9 Å². The first-order valence-corrected chi connectivity index (χ1v) is 16.8. The van der Waals surface area contributed by atoms with Crippen molar-refractivity contribution in [2.24, 2.45) is 39.6 Å². The molecule has 0 unspecified atom stereocenters. The van der Waals surface area contributed by atoms with Gasteiger partial charge in [-0.1, -0.05) is 50.6 Å². The van der Waals surface area contributed by atoms with Crippen LogP contribution in [-0.4, -0.2) is 88.8 Å². The van der Waals surface area contributed by atoms with Crippen molar-refractivity contribution in [3.8, 4) is 0 Å². The Bertz CT molecular complexity index is 1380. The minimum absolute atomic E-state index is 0.00365. The highest BCUT2D eigenvalue weighted by Gasteiger charge is 2.33. The summed E-state index contributed by atoms with van der Waals surface area (Å²) < 4.78 is 0. The Morgan fingerprint density at radius 2 is 1.42 bits per heavy atom. The van der Waals surface area contributed by atoms with E-state index in [9.17, 15) is 24.0 Å². The van der Waals surface area contributed by atoms with Crippen LogP contribution in [0.15, 0.2) is 47.8 Å². The van der Waals surface area contributed by atoms with Gasteiger partial charge in [-0.25, -0.2) is 4.98 Å². The second kappa shape index (κ2) is 21.8. The molecule has 15 N–H and O–H groups in total. The van der Waals surface area contributed by atoms with Crippen LogP contribution in [-0.2, 0) is 36.8 Å². The molecular formula is C33H54N12O5. The number of carbonyl (C=O) groups is 5. The molecule has 17 heteroatoms. The van der Waals surface area contributed by atoms with Crippen LogP contribution in [0.3, 0.4) is 0 Å². The molecule has 0 aliphatic heterocycles. The number of primary amides is 1. The van der Waals surface area contributed by atoms with Crippen LogP contribution in [0.25, 0.3) is 0 Å². The summed E-state index contributed by atoms with van der Waals surface area (Å²) in [6, 6.07) is 3.84.